The lowest BCUT2D eigenvalue weighted by Gasteiger charge is -2.40. The highest BCUT2D eigenvalue weighted by molar-refractivity contribution is 7.99. The topological polar surface area (TPSA) is 576 Å². The second-order valence-electron chi connectivity index (χ2n) is 33.0. The van der Waals surface area contributed by atoms with Gasteiger partial charge in [-0.2, -0.15) is 8.67 Å². The Bertz CT molecular complexity index is 6460. The number of nitrogens with zero attached hydrogens (tertiary/aromatic N) is 2. The SMILES string of the molecule is CC1Nc2c(cc3c(c2S(=O)(=O)[O-])Oc2c(S(=O)(=O)[O-])c4c(cc2=C3c2ccc(C(=O)ON3C(=O)CC(SOO[O-])C3=O)cc2)C(C)(C)C(C)[NH+]=4)C1(C)C.CSc1c(Cl)c(Cl)c(C(=O)O)c(C2=c3cc4c(c(S(=O)(=O)[O-])c3Oc3c2cc2c(c3S(=O)(=O)[O-])NC(C)(C)CC2C)=[NH+]C(C)(C)CC4C)c1Cl.O=CNCCCCCC(=O)ON1C(=O)CC(SOO[O-])C1=O. The molecule has 14 rings (SSSR count). The van der Waals surface area contributed by atoms with Crippen molar-refractivity contribution in [2.24, 2.45) is 0 Å². The van der Waals surface area contributed by atoms with Crippen LogP contribution >= 0.6 is 70.7 Å². The van der Waals surface area contributed by atoms with E-state index in [4.69, 9.17) is 54.0 Å². The van der Waals surface area contributed by atoms with Crippen molar-refractivity contribution in [2.45, 2.75) is 215 Å². The molecule has 6 atom stereocenters. The molecule has 126 heavy (non-hydrogen) atoms. The summed E-state index contributed by atoms with van der Waals surface area (Å²) in [6.07, 6.45) is 4.49. The van der Waals surface area contributed by atoms with E-state index in [9.17, 15) is 106 Å². The third-order valence-electron chi connectivity index (χ3n) is 22.9. The van der Waals surface area contributed by atoms with Gasteiger partial charge in [0.1, 0.15) is 60.8 Å². The molecule has 8 aliphatic heterocycles. The summed E-state index contributed by atoms with van der Waals surface area (Å²) in [6.45, 7) is 22.5. The quantitative estimate of drug-likeness (QED) is 0.00582. The number of rotatable bonds is 24. The molecule has 2 saturated heterocycles. The van der Waals surface area contributed by atoms with Crippen molar-refractivity contribution in [3.63, 3.8) is 0 Å². The lowest BCUT2D eigenvalue weighted by atomic mass is 9.78. The number of carbonyl (C=O) groups is 8. The first-order valence-electron chi connectivity index (χ1n) is 38.1. The van der Waals surface area contributed by atoms with Crippen LogP contribution in [0.1, 0.15) is 212 Å². The zero-order chi connectivity index (χ0) is 93.0. The van der Waals surface area contributed by atoms with Crippen LogP contribution in [-0.4, -0.2) is 162 Å². The number of hydrogen-bond acceptors (Lipinski definition) is 35. The molecule has 6 unspecified atom stereocenters. The molecule has 2 fully saturated rings. The van der Waals surface area contributed by atoms with Gasteiger partial charge in [-0.05, 0) is 146 Å². The fourth-order valence-corrected chi connectivity index (χ4v) is 22.7. The number of hydrogen-bond donors (Lipinski definition) is 6. The maximum absolute atomic E-state index is 13.3. The van der Waals surface area contributed by atoms with Gasteiger partial charge in [0.25, 0.3) is 23.6 Å². The number of amides is 5. The zero-order valence-electron chi connectivity index (χ0n) is 68.6. The molecule has 0 aromatic heterocycles. The van der Waals surface area contributed by atoms with Gasteiger partial charge in [-0.3, -0.25) is 34.0 Å². The molecule has 6 N–H and O–H groups in total. The fourth-order valence-electron chi connectivity index (χ4n) is 16.6. The molecule has 0 radical (unpaired) electrons. The van der Waals surface area contributed by atoms with Crippen LogP contribution in [0.3, 0.4) is 0 Å². The Morgan fingerprint density at radius 1 is 0.635 bits per heavy atom. The van der Waals surface area contributed by atoms with E-state index >= 15 is 0 Å². The van der Waals surface area contributed by atoms with E-state index in [-0.39, 0.29) is 145 Å². The van der Waals surface area contributed by atoms with Crippen molar-refractivity contribution in [3.8, 4) is 23.0 Å². The number of aromatic carboxylic acids is 1. The minimum absolute atomic E-state index is 0.0125. The average molecular weight is 1940 g/mol. The largest absolute Gasteiger partial charge is 0.744 e. The van der Waals surface area contributed by atoms with Crippen molar-refractivity contribution < 1.29 is 154 Å². The number of hydroxylamine groups is 4. The Balaban J connectivity index is 0.000000186. The van der Waals surface area contributed by atoms with Crippen LogP contribution in [0.15, 0.2) is 73.0 Å². The van der Waals surface area contributed by atoms with E-state index in [1.165, 1.54) is 24.3 Å². The molecule has 678 valence electrons. The van der Waals surface area contributed by atoms with E-state index in [0.717, 1.165) is 11.8 Å². The lowest BCUT2D eigenvalue weighted by Crippen LogP contribution is -2.91. The maximum Gasteiger partial charge on any atom is 0.363 e. The maximum atomic E-state index is 13.3. The van der Waals surface area contributed by atoms with Gasteiger partial charge in [-0.1, -0.05) is 81.1 Å². The third-order valence-corrected chi connectivity index (χ3v) is 30.2. The minimum Gasteiger partial charge on any atom is -0.744 e. The summed E-state index contributed by atoms with van der Waals surface area (Å²) < 4.78 is 179. The summed E-state index contributed by atoms with van der Waals surface area (Å²) in [4.78, 5) is 109. The molecule has 0 aliphatic carbocycles. The second-order valence-corrected chi connectivity index (χ2v) is 42.0. The lowest BCUT2D eigenvalue weighted by molar-refractivity contribution is -0.777. The van der Waals surface area contributed by atoms with Crippen molar-refractivity contribution in [1.82, 2.24) is 15.4 Å². The van der Waals surface area contributed by atoms with Crippen LogP contribution in [0.25, 0.3) is 11.1 Å². The van der Waals surface area contributed by atoms with E-state index in [0.29, 0.717) is 84.4 Å². The highest BCUT2D eigenvalue weighted by atomic mass is 35.5. The van der Waals surface area contributed by atoms with Crippen molar-refractivity contribution >= 4 is 182 Å². The first kappa shape index (κ1) is 96.4. The predicted molar refractivity (Wildman–Crippen MR) is 437 cm³/mol. The number of unbranched alkanes of at least 4 members (excludes halogenated alkanes) is 2. The van der Waals surface area contributed by atoms with Gasteiger partial charge in [-0.25, -0.2) is 58.0 Å². The van der Waals surface area contributed by atoms with Crippen LogP contribution in [-0.2, 0) is 108 Å². The molecular formula is C78H78Cl3N7O31S7-4. The molecule has 8 heterocycles. The van der Waals surface area contributed by atoms with Crippen molar-refractivity contribution in [2.75, 3.05) is 23.4 Å². The Kier molecular flexibility index (Phi) is 27.3. The second kappa shape index (κ2) is 35.7. The smallest absolute Gasteiger partial charge is 0.363 e. The number of benzene rings is 6. The number of carbonyl (C=O) groups excluding carboxylic acids is 7. The van der Waals surface area contributed by atoms with Crippen LogP contribution in [0.4, 0.5) is 11.4 Å². The molecule has 0 bridgehead atoms. The fraction of sp³-hybridized carbons (Fsp3) is 0.410. The predicted octanol–water partition coefficient (Wildman–Crippen LogP) is 3.05. The normalized spacial score (nSPS) is 20.7. The third kappa shape index (κ3) is 18.3. The summed E-state index contributed by atoms with van der Waals surface area (Å²) in [6, 6.07) is 11.1. The highest BCUT2D eigenvalue weighted by Gasteiger charge is 2.50. The number of carboxylic acids is 1. The number of thioether (sulfide) groups is 1. The van der Waals surface area contributed by atoms with Gasteiger partial charge in [-0.15, -0.1) is 21.9 Å². The molecule has 6 aromatic carbocycles. The Morgan fingerprint density at radius 2 is 1.16 bits per heavy atom. The number of imide groups is 2. The highest BCUT2D eigenvalue weighted by Crippen LogP contribution is 2.57. The van der Waals surface area contributed by atoms with E-state index in [2.05, 4.69) is 44.7 Å². The number of halogens is 3. The average Bonchev–Trinajstić information content (AvgIpc) is 0.866. The molecule has 0 spiro atoms. The summed E-state index contributed by atoms with van der Waals surface area (Å²) in [5.74, 6) is -9.55. The number of nitrogens with one attached hydrogen (secondary N) is 5. The molecule has 48 heteroatoms. The van der Waals surface area contributed by atoms with Gasteiger partial charge >= 0.3 is 17.9 Å². The molecule has 5 amide bonds. The molecule has 0 saturated carbocycles. The number of ether oxygens (including phenoxy) is 2. The Labute approximate surface area is 747 Å². The van der Waals surface area contributed by atoms with Gasteiger partial charge < -0.3 is 68.9 Å². The van der Waals surface area contributed by atoms with Gasteiger partial charge in [0.15, 0.2) is 44.4 Å². The van der Waals surface area contributed by atoms with Crippen LogP contribution in [0, 0.1) is 0 Å². The molecule has 8 aliphatic rings. The van der Waals surface area contributed by atoms with Crippen molar-refractivity contribution in [1.29, 1.82) is 0 Å². The van der Waals surface area contributed by atoms with Gasteiger partial charge in [0, 0.05) is 115 Å². The zero-order valence-corrected chi connectivity index (χ0v) is 76.6. The van der Waals surface area contributed by atoms with E-state index < -0.39 is 169 Å². The summed E-state index contributed by atoms with van der Waals surface area (Å²) in [7, 11) is -21.5. The van der Waals surface area contributed by atoms with Gasteiger partial charge in [0.05, 0.1) is 55.8 Å². The first-order valence-corrected chi connectivity index (χ1v) is 47.7. The van der Waals surface area contributed by atoms with Crippen LogP contribution in [0.2, 0.25) is 15.1 Å². The van der Waals surface area contributed by atoms with E-state index in [1.807, 2.05) is 69.2 Å². The van der Waals surface area contributed by atoms with Crippen LogP contribution < -0.4 is 67.1 Å². The first-order chi connectivity index (χ1) is 58.6. The van der Waals surface area contributed by atoms with E-state index in [1.54, 1.807) is 44.4 Å². The number of anilines is 2. The Morgan fingerprint density at radius 3 is 1.69 bits per heavy atom. The minimum atomic E-state index is -5.42. The molecule has 6 aromatic rings. The summed E-state index contributed by atoms with van der Waals surface area (Å²) in [5.41, 5.74) is -1.71. The summed E-state index contributed by atoms with van der Waals surface area (Å²) in [5, 5.41) is 43.1. The monoisotopic (exact) mass is 1940 g/mol. The Hall–Kier alpha value is -8.66. The standard InChI is InChI=1S/C34H33N3O14S3.C33H33Cl3N2O9S3.C11H16N2O8S/c1-14-33(3,4)20-11-18-24(16-7-9-17(10-8-16)32(40)49-37-23(38)13-22(31(37)39)52-51-50-41)19-12-21-26(36-15(2)34(21,5)6)30(54(45,46)47)28(19)48-27(18)29(25(20)35-14)53(42,43)44;1-12-10-32(3,4)37-24-14(12)8-16-18(19-20(31(39)40)21(34)23(36)28(48-7)22(19)35)17-9-15-13(2)11-33(5,6)38-25(15)30(50(44,45)46)27(17)47-26(16)29(24)49(41,42)43;14-7-12-5-3-1-2-4-10(16)19-13-9(15)6-8(11(13)17)22-21-20-18/h7-12,14-15,22,35,41H,13H2,1-6H3,(H,42,43,44)(H,45,46,47);8-9,12-13,37H,10-11H2,1-7H3,(H,39,40)(H,41,42,43)(H,44,45,46);7-8,18H,1-6H2,(H,12,14)/p-4. The molecular weight excluding hydrogens is 1860 g/mol. The number of fused-ring (bicyclic) bond motifs is 8. The van der Waals surface area contributed by atoms with Crippen molar-refractivity contribution in [3.05, 3.63) is 140 Å². The van der Waals surface area contributed by atoms with Crippen LogP contribution in [0.5, 0.6) is 23.0 Å². The summed E-state index contributed by atoms with van der Waals surface area (Å²) >= 11 is 21.9. The number of carboxylic acid groups (broad SMARTS) is 1. The molecule has 38 nitrogen and oxygen atoms in total. The van der Waals surface area contributed by atoms with Gasteiger partial charge in [0.2, 0.25) is 17.1 Å².